The highest BCUT2D eigenvalue weighted by Crippen LogP contribution is 2.27. The Morgan fingerprint density at radius 3 is 3.00 bits per heavy atom. The van der Waals surface area contributed by atoms with E-state index in [1.807, 2.05) is 0 Å². The van der Waals surface area contributed by atoms with E-state index >= 15 is 0 Å². The molecule has 1 aliphatic rings. The summed E-state index contributed by atoms with van der Waals surface area (Å²) in [4.78, 5) is 11.6. The minimum atomic E-state index is -0.484. The molecule has 1 aromatic heterocycles. The van der Waals surface area contributed by atoms with Crippen molar-refractivity contribution < 1.29 is 9.53 Å². The van der Waals surface area contributed by atoms with Gasteiger partial charge in [-0.25, -0.2) is 10.0 Å². The van der Waals surface area contributed by atoms with Crippen LogP contribution >= 0.6 is 12.2 Å². The first-order valence-corrected chi connectivity index (χ1v) is 6.65. The van der Waals surface area contributed by atoms with Gasteiger partial charge in [0.15, 0.2) is 4.64 Å². The second-order valence-electron chi connectivity index (χ2n) is 4.47. The quantitative estimate of drug-likeness (QED) is 0.643. The van der Waals surface area contributed by atoms with Gasteiger partial charge in [0.2, 0.25) is 5.69 Å². The zero-order valence-electron chi connectivity index (χ0n) is 10.4. The highest BCUT2D eigenvalue weighted by atomic mass is 32.1. The average molecular weight is 270 g/mol. The summed E-state index contributed by atoms with van der Waals surface area (Å²) in [6, 6.07) is 0.155. The van der Waals surface area contributed by atoms with E-state index in [1.165, 1.54) is 0 Å². The standard InChI is InChI=1S/C11H18N4O2S/c1-2-17-11(16)9-10(18)15(14-13-9)8-6-4-3-5-7(8)12/h7-8,14H,2-6,12H2,1H3/t7-,8-/m1/s1. The fourth-order valence-corrected chi connectivity index (χ4v) is 2.63. The zero-order chi connectivity index (χ0) is 13.1. The van der Waals surface area contributed by atoms with Gasteiger partial charge < -0.3 is 10.5 Å². The number of carbonyl (C=O) groups excluding carboxylic acids is 1. The molecule has 100 valence electrons. The average Bonchev–Trinajstić information content (AvgIpc) is 2.72. The molecule has 2 rings (SSSR count). The minimum Gasteiger partial charge on any atom is -0.461 e. The van der Waals surface area contributed by atoms with Crippen LogP contribution in [0.25, 0.3) is 0 Å². The Bertz CT molecular complexity index is 482. The predicted octanol–water partition coefficient (Wildman–Crippen LogP) is 1.56. The number of aromatic nitrogens is 3. The van der Waals surface area contributed by atoms with Crippen molar-refractivity contribution in [1.82, 2.24) is 15.0 Å². The monoisotopic (exact) mass is 270 g/mol. The van der Waals surface area contributed by atoms with E-state index < -0.39 is 5.97 Å². The van der Waals surface area contributed by atoms with Crippen LogP contribution in [0.4, 0.5) is 0 Å². The van der Waals surface area contributed by atoms with E-state index in [4.69, 9.17) is 22.7 Å². The van der Waals surface area contributed by atoms with E-state index in [1.54, 1.807) is 11.6 Å². The van der Waals surface area contributed by atoms with Gasteiger partial charge in [-0.1, -0.05) is 25.1 Å². The Labute approximate surface area is 110 Å². The number of rotatable bonds is 3. The molecule has 1 aromatic rings. The molecule has 0 amide bonds. The minimum absolute atomic E-state index is 0.0564. The molecule has 0 radical (unpaired) electrons. The predicted molar refractivity (Wildman–Crippen MR) is 68.8 cm³/mol. The number of hydrogen-bond acceptors (Lipinski definition) is 5. The van der Waals surface area contributed by atoms with E-state index in [2.05, 4.69) is 10.3 Å². The Hall–Kier alpha value is -1.21. The van der Waals surface area contributed by atoms with Gasteiger partial charge in [0, 0.05) is 6.04 Å². The first kappa shape index (κ1) is 13.2. The second-order valence-corrected chi connectivity index (χ2v) is 4.86. The smallest absolute Gasteiger partial charge is 0.362 e. The molecule has 0 bridgehead atoms. The maximum Gasteiger partial charge on any atom is 0.362 e. The van der Waals surface area contributed by atoms with E-state index in [0.717, 1.165) is 25.7 Å². The maximum atomic E-state index is 11.6. The van der Waals surface area contributed by atoms with Crippen LogP contribution in [0.2, 0.25) is 0 Å². The maximum absolute atomic E-state index is 11.6. The molecule has 0 unspecified atom stereocenters. The first-order valence-electron chi connectivity index (χ1n) is 6.24. The summed E-state index contributed by atoms with van der Waals surface area (Å²) in [5.74, 6) is -0.484. The van der Waals surface area contributed by atoms with E-state index in [0.29, 0.717) is 11.2 Å². The van der Waals surface area contributed by atoms with Crippen molar-refractivity contribution in [1.29, 1.82) is 0 Å². The third kappa shape index (κ3) is 2.46. The first-order chi connectivity index (χ1) is 8.65. The number of esters is 1. The van der Waals surface area contributed by atoms with Crippen molar-refractivity contribution in [3.63, 3.8) is 0 Å². The SMILES string of the molecule is CCOC(=O)c1n[nH]n([C@@H]2CCCC[C@H]2N)c1=S. The molecular weight excluding hydrogens is 252 g/mol. The van der Waals surface area contributed by atoms with Crippen molar-refractivity contribution in [2.24, 2.45) is 5.73 Å². The molecule has 1 aliphatic carbocycles. The Kier molecular flexibility index (Phi) is 4.13. The van der Waals surface area contributed by atoms with E-state index in [-0.39, 0.29) is 17.8 Å². The number of aromatic amines is 1. The highest BCUT2D eigenvalue weighted by molar-refractivity contribution is 7.71. The number of ether oxygens (including phenoxy) is 1. The lowest BCUT2D eigenvalue weighted by molar-refractivity contribution is 0.0518. The lowest BCUT2D eigenvalue weighted by atomic mass is 9.91. The zero-order valence-corrected chi connectivity index (χ0v) is 11.2. The van der Waals surface area contributed by atoms with Gasteiger partial charge in [-0.3, -0.25) is 4.68 Å². The van der Waals surface area contributed by atoms with Gasteiger partial charge in [0.25, 0.3) is 0 Å². The molecule has 1 fully saturated rings. The summed E-state index contributed by atoms with van der Waals surface area (Å²) in [5.41, 5.74) is 6.26. The van der Waals surface area contributed by atoms with Gasteiger partial charge in [-0.05, 0) is 19.8 Å². The van der Waals surface area contributed by atoms with Crippen LogP contribution in [-0.2, 0) is 4.74 Å². The van der Waals surface area contributed by atoms with Crippen LogP contribution in [0.3, 0.4) is 0 Å². The third-order valence-corrected chi connectivity index (χ3v) is 3.66. The number of carbonyl (C=O) groups is 1. The van der Waals surface area contributed by atoms with E-state index in [9.17, 15) is 4.79 Å². The van der Waals surface area contributed by atoms with Crippen molar-refractivity contribution in [3.05, 3.63) is 10.3 Å². The Morgan fingerprint density at radius 2 is 2.33 bits per heavy atom. The fourth-order valence-electron chi connectivity index (χ4n) is 2.33. The van der Waals surface area contributed by atoms with Gasteiger partial charge in [-0.15, -0.1) is 5.10 Å². The van der Waals surface area contributed by atoms with Gasteiger partial charge in [-0.2, -0.15) is 0 Å². The lowest BCUT2D eigenvalue weighted by Gasteiger charge is -2.28. The van der Waals surface area contributed by atoms with Crippen LogP contribution in [0.1, 0.15) is 49.1 Å². The number of nitrogens with zero attached hydrogens (tertiary/aromatic N) is 2. The Balaban J connectivity index is 2.25. The van der Waals surface area contributed by atoms with Gasteiger partial charge >= 0.3 is 5.97 Å². The molecule has 18 heavy (non-hydrogen) atoms. The molecule has 3 N–H and O–H groups in total. The normalized spacial score (nSPS) is 23.9. The highest BCUT2D eigenvalue weighted by Gasteiger charge is 2.26. The molecule has 7 heteroatoms. The van der Waals surface area contributed by atoms with Crippen LogP contribution < -0.4 is 5.73 Å². The fraction of sp³-hybridized carbons (Fsp3) is 0.727. The van der Waals surface area contributed by atoms with Crippen molar-refractivity contribution in [3.8, 4) is 0 Å². The number of hydrogen-bond donors (Lipinski definition) is 2. The molecule has 2 atom stereocenters. The Morgan fingerprint density at radius 1 is 1.61 bits per heavy atom. The number of H-pyrrole nitrogens is 1. The van der Waals surface area contributed by atoms with Crippen molar-refractivity contribution >= 4 is 18.2 Å². The largest absolute Gasteiger partial charge is 0.461 e. The molecular formula is C11H18N4O2S. The lowest BCUT2D eigenvalue weighted by Crippen LogP contribution is -2.35. The number of nitrogens with one attached hydrogen (secondary N) is 1. The van der Waals surface area contributed by atoms with Crippen molar-refractivity contribution in [2.75, 3.05) is 6.61 Å². The summed E-state index contributed by atoms with van der Waals surface area (Å²) in [6.07, 6.45) is 4.19. The molecule has 0 saturated heterocycles. The molecule has 0 spiro atoms. The summed E-state index contributed by atoms with van der Waals surface area (Å²) in [6.45, 7) is 2.06. The molecule has 0 aliphatic heterocycles. The summed E-state index contributed by atoms with van der Waals surface area (Å²) in [5, 5.41) is 6.74. The molecule has 1 heterocycles. The summed E-state index contributed by atoms with van der Waals surface area (Å²) >= 11 is 5.26. The van der Waals surface area contributed by atoms with Gasteiger partial charge in [0.1, 0.15) is 0 Å². The molecule has 0 aromatic carbocycles. The van der Waals surface area contributed by atoms with Crippen LogP contribution in [0, 0.1) is 4.64 Å². The molecule has 1 saturated carbocycles. The third-order valence-electron chi connectivity index (χ3n) is 3.27. The van der Waals surface area contributed by atoms with Crippen LogP contribution in [0.5, 0.6) is 0 Å². The molecule has 6 nitrogen and oxygen atoms in total. The second kappa shape index (κ2) is 5.62. The van der Waals surface area contributed by atoms with Crippen LogP contribution in [0.15, 0.2) is 0 Å². The van der Waals surface area contributed by atoms with Crippen LogP contribution in [-0.4, -0.2) is 33.6 Å². The van der Waals surface area contributed by atoms with Gasteiger partial charge in [0.05, 0.1) is 12.6 Å². The van der Waals surface area contributed by atoms with Crippen molar-refractivity contribution in [2.45, 2.75) is 44.7 Å². The summed E-state index contributed by atoms with van der Waals surface area (Å²) < 4.78 is 7.02. The summed E-state index contributed by atoms with van der Waals surface area (Å²) in [7, 11) is 0. The number of nitrogens with two attached hydrogens (primary N) is 1. The topological polar surface area (TPSA) is 85.9 Å².